The van der Waals surface area contributed by atoms with Crippen LogP contribution in [0.25, 0.3) is 11.5 Å². The molecular weight excluding hydrogens is 242 g/mol. The predicted molar refractivity (Wildman–Crippen MR) is 73.8 cm³/mol. The number of carbonyl (C=O) groups excluding carboxylic acids is 1. The Morgan fingerprint density at radius 3 is 2.53 bits per heavy atom. The average Bonchev–Trinajstić information content (AvgIpc) is 2.85. The van der Waals surface area contributed by atoms with Gasteiger partial charge in [0.15, 0.2) is 11.5 Å². The van der Waals surface area contributed by atoms with Gasteiger partial charge in [-0.05, 0) is 26.0 Å². The molecule has 0 aliphatic carbocycles. The van der Waals surface area contributed by atoms with Crippen LogP contribution in [0.15, 0.2) is 16.5 Å². The van der Waals surface area contributed by atoms with E-state index in [2.05, 4.69) is 15.5 Å². The van der Waals surface area contributed by atoms with Crippen molar-refractivity contribution in [2.45, 2.75) is 34.6 Å². The van der Waals surface area contributed by atoms with E-state index < -0.39 is 5.41 Å². The first-order chi connectivity index (χ1) is 8.79. The Hall–Kier alpha value is -2.04. The van der Waals surface area contributed by atoms with Gasteiger partial charge in [-0.3, -0.25) is 9.89 Å². The predicted octanol–water partition coefficient (Wildman–Crippen LogP) is 3.27. The van der Waals surface area contributed by atoms with Crippen molar-refractivity contribution < 1.29 is 9.21 Å². The Morgan fingerprint density at radius 2 is 2.00 bits per heavy atom. The van der Waals surface area contributed by atoms with Crippen molar-refractivity contribution in [3.8, 4) is 11.5 Å². The van der Waals surface area contributed by atoms with E-state index in [1.807, 2.05) is 46.8 Å². The molecule has 5 nitrogen and oxygen atoms in total. The number of hydrogen-bond acceptors (Lipinski definition) is 3. The summed E-state index contributed by atoms with van der Waals surface area (Å²) in [7, 11) is 0. The minimum absolute atomic E-state index is 0.0541. The van der Waals surface area contributed by atoms with Crippen LogP contribution in [0.5, 0.6) is 0 Å². The van der Waals surface area contributed by atoms with Gasteiger partial charge < -0.3 is 9.73 Å². The third kappa shape index (κ3) is 2.70. The maximum absolute atomic E-state index is 12.1. The molecule has 1 amide bonds. The van der Waals surface area contributed by atoms with Gasteiger partial charge >= 0.3 is 0 Å². The van der Waals surface area contributed by atoms with Gasteiger partial charge in [0.25, 0.3) is 0 Å². The smallest absolute Gasteiger partial charge is 0.229 e. The number of aromatic amines is 1. The Bertz CT molecular complexity index is 602. The summed E-state index contributed by atoms with van der Waals surface area (Å²) in [5.41, 5.74) is 1.65. The summed E-state index contributed by atoms with van der Waals surface area (Å²) < 4.78 is 5.56. The van der Waals surface area contributed by atoms with E-state index in [4.69, 9.17) is 4.42 Å². The summed E-state index contributed by atoms with van der Waals surface area (Å²) in [4.78, 5) is 12.1. The van der Waals surface area contributed by atoms with E-state index in [9.17, 15) is 4.79 Å². The molecule has 0 aliphatic rings. The fraction of sp³-hybridized carbons (Fsp3) is 0.429. The summed E-state index contributed by atoms with van der Waals surface area (Å²) in [5.74, 6) is 1.40. The van der Waals surface area contributed by atoms with Crippen LogP contribution in [0.2, 0.25) is 0 Å². The fourth-order valence-corrected chi connectivity index (χ4v) is 1.62. The Labute approximate surface area is 112 Å². The van der Waals surface area contributed by atoms with Crippen molar-refractivity contribution in [3.05, 3.63) is 23.6 Å². The zero-order valence-corrected chi connectivity index (χ0v) is 11.9. The number of H-pyrrole nitrogens is 1. The standard InChI is InChI=1S/C14H19N3O2/c1-8-6-7-10(19-8)12-11(9(2)16-17-12)15-13(18)14(3,4)5/h6-7H,1-5H3,(H,15,18)(H,16,17). The zero-order chi connectivity index (χ0) is 14.2. The Kier molecular flexibility index (Phi) is 3.22. The summed E-state index contributed by atoms with van der Waals surface area (Å²) in [6.45, 7) is 9.35. The molecule has 0 saturated heterocycles. The molecular formula is C14H19N3O2. The van der Waals surface area contributed by atoms with E-state index in [1.165, 1.54) is 0 Å². The van der Waals surface area contributed by atoms with E-state index >= 15 is 0 Å². The van der Waals surface area contributed by atoms with Crippen LogP contribution in [0, 0.1) is 19.3 Å². The molecule has 0 aliphatic heterocycles. The molecule has 2 heterocycles. The second-order valence-electron chi connectivity index (χ2n) is 5.69. The highest BCUT2D eigenvalue weighted by molar-refractivity contribution is 5.97. The van der Waals surface area contributed by atoms with Gasteiger partial charge in [0, 0.05) is 5.41 Å². The normalized spacial score (nSPS) is 11.6. The number of amides is 1. The molecule has 0 bridgehead atoms. The maximum atomic E-state index is 12.1. The van der Waals surface area contributed by atoms with Gasteiger partial charge in [-0.15, -0.1) is 0 Å². The highest BCUT2D eigenvalue weighted by Crippen LogP contribution is 2.31. The molecule has 5 heteroatoms. The van der Waals surface area contributed by atoms with Gasteiger partial charge in [-0.1, -0.05) is 20.8 Å². The SMILES string of the molecule is Cc1ccc(-c2n[nH]c(C)c2NC(=O)C(C)(C)C)o1. The summed E-state index contributed by atoms with van der Waals surface area (Å²) in [6.07, 6.45) is 0. The van der Waals surface area contributed by atoms with Crippen LogP contribution in [-0.4, -0.2) is 16.1 Å². The highest BCUT2D eigenvalue weighted by Gasteiger charge is 2.24. The Morgan fingerprint density at radius 1 is 1.32 bits per heavy atom. The van der Waals surface area contributed by atoms with Crippen LogP contribution in [0.4, 0.5) is 5.69 Å². The molecule has 0 spiro atoms. The molecule has 0 saturated carbocycles. The van der Waals surface area contributed by atoms with E-state index in [0.29, 0.717) is 17.1 Å². The molecule has 2 aromatic rings. The van der Waals surface area contributed by atoms with Crippen LogP contribution < -0.4 is 5.32 Å². The minimum atomic E-state index is -0.458. The lowest BCUT2D eigenvalue weighted by molar-refractivity contribution is -0.123. The summed E-state index contributed by atoms with van der Waals surface area (Å²) >= 11 is 0. The number of nitrogens with one attached hydrogen (secondary N) is 2. The molecule has 0 aromatic carbocycles. The molecule has 0 radical (unpaired) electrons. The maximum Gasteiger partial charge on any atom is 0.229 e. The topological polar surface area (TPSA) is 70.9 Å². The number of nitrogens with zero attached hydrogens (tertiary/aromatic N) is 1. The molecule has 0 fully saturated rings. The van der Waals surface area contributed by atoms with Crippen molar-refractivity contribution in [2.24, 2.45) is 5.41 Å². The van der Waals surface area contributed by atoms with Crippen molar-refractivity contribution >= 4 is 11.6 Å². The number of carbonyl (C=O) groups is 1. The quantitative estimate of drug-likeness (QED) is 0.871. The van der Waals surface area contributed by atoms with Crippen molar-refractivity contribution in [2.75, 3.05) is 5.32 Å². The van der Waals surface area contributed by atoms with Gasteiger partial charge in [0.2, 0.25) is 5.91 Å². The van der Waals surface area contributed by atoms with Crippen molar-refractivity contribution in [1.82, 2.24) is 10.2 Å². The second kappa shape index (κ2) is 4.57. The first-order valence-electron chi connectivity index (χ1n) is 6.22. The van der Waals surface area contributed by atoms with E-state index in [1.54, 1.807) is 0 Å². The van der Waals surface area contributed by atoms with Crippen LogP contribution in [0.3, 0.4) is 0 Å². The monoisotopic (exact) mass is 261 g/mol. The molecule has 19 heavy (non-hydrogen) atoms. The molecule has 0 unspecified atom stereocenters. The molecule has 0 atom stereocenters. The fourth-order valence-electron chi connectivity index (χ4n) is 1.62. The van der Waals surface area contributed by atoms with E-state index in [0.717, 1.165) is 11.5 Å². The van der Waals surface area contributed by atoms with Crippen LogP contribution in [0.1, 0.15) is 32.2 Å². The minimum Gasteiger partial charge on any atom is -0.460 e. The lowest BCUT2D eigenvalue weighted by Crippen LogP contribution is -2.27. The number of rotatable bonds is 2. The lowest BCUT2D eigenvalue weighted by atomic mass is 9.95. The number of aryl methyl sites for hydroxylation is 2. The molecule has 2 rings (SSSR count). The number of furan rings is 1. The number of hydrogen-bond donors (Lipinski definition) is 2. The molecule has 2 aromatic heterocycles. The first-order valence-corrected chi connectivity index (χ1v) is 6.22. The largest absolute Gasteiger partial charge is 0.460 e. The molecule has 102 valence electrons. The average molecular weight is 261 g/mol. The van der Waals surface area contributed by atoms with Gasteiger partial charge in [0.05, 0.1) is 11.4 Å². The zero-order valence-electron chi connectivity index (χ0n) is 11.9. The third-order valence-electron chi connectivity index (χ3n) is 2.84. The molecule has 2 N–H and O–H groups in total. The van der Waals surface area contributed by atoms with E-state index in [-0.39, 0.29) is 5.91 Å². The highest BCUT2D eigenvalue weighted by atomic mass is 16.3. The summed E-state index contributed by atoms with van der Waals surface area (Å²) in [6, 6.07) is 3.71. The third-order valence-corrected chi connectivity index (χ3v) is 2.84. The summed E-state index contributed by atoms with van der Waals surface area (Å²) in [5, 5.41) is 9.99. The number of anilines is 1. The van der Waals surface area contributed by atoms with Gasteiger partial charge in [-0.2, -0.15) is 5.10 Å². The van der Waals surface area contributed by atoms with Crippen LogP contribution in [-0.2, 0) is 4.79 Å². The van der Waals surface area contributed by atoms with Gasteiger partial charge in [-0.25, -0.2) is 0 Å². The lowest BCUT2D eigenvalue weighted by Gasteiger charge is -2.17. The van der Waals surface area contributed by atoms with Crippen molar-refractivity contribution in [3.63, 3.8) is 0 Å². The van der Waals surface area contributed by atoms with Crippen LogP contribution >= 0.6 is 0 Å². The first kappa shape index (κ1) is 13.4. The van der Waals surface area contributed by atoms with Gasteiger partial charge in [0.1, 0.15) is 5.76 Å². The Balaban J connectivity index is 2.36. The van der Waals surface area contributed by atoms with Crippen molar-refractivity contribution in [1.29, 1.82) is 0 Å². The number of aromatic nitrogens is 2. The second-order valence-corrected chi connectivity index (χ2v) is 5.69.